The highest BCUT2D eigenvalue weighted by Crippen LogP contribution is 2.31. The molecule has 1 aliphatic heterocycles. The van der Waals surface area contributed by atoms with Crippen LogP contribution in [-0.4, -0.2) is 44.9 Å². The summed E-state index contributed by atoms with van der Waals surface area (Å²) in [5.41, 5.74) is 1.41. The fourth-order valence-corrected chi connectivity index (χ4v) is 6.22. The van der Waals surface area contributed by atoms with Gasteiger partial charge in [0.15, 0.2) is 11.5 Å². The molecule has 35 heavy (non-hydrogen) atoms. The SMILES string of the molecule is CCOc1ccc([C@@H](C)NC(=O)C2CCN(S(=O)(=O)Cc3ccc(Cl)cc3Cl)CC2)cc1OCC. The molecule has 0 aliphatic carbocycles. The van der Waals surface area contributed by atoms with E-state index in [9.17, 15) is 13.2 Å². The van der Waals surface area contributed by atoms with Gasteiger partial charge < -0.3 is 14.8 Å². The summed E-state index contributed by atoms with van der Waals surface area (Å²) in [6.45, 7) is 7.36. The van der Waals surface area contributed by atoms with Crippen LogP contribution in [-0.2, 0) is 20.6 Å². The lowest BCUT2D eigenvalue weighted by molar-refractivity contribution is -0.126. The van der Waals surface area contributed by atoms with Crippen molar-refractivity contribution in [3.8, 4) is 11.5 Å². The number of benzene rings is 2. The van der Waals surface area contributed by atoms with Crippen molar-refractivity contribution in [2.24, 2.45) is 5.92 Å². The van der Waals surface area contributed by atoms with E-state index >= 15 is 0 Å². The van der Waals surface area contributed by atoms with Gasteiger partial charge in [0.1, 0.15) is 0 Å². The molecule has 1 heterocycles. The van der Waals surface area contributed by atoms with Gasteiger partial charge in [-0.3, -0.25) is 4.79 Å². The predicted octanol–water partition coefficient (Wildman–Crippen LogP) is 5.21. The average Bonchev–Trinajstić information content (AvgIpc) is 2.82. The fourth-order valence-electron chi connectivity index (χ4n) is 4.07. The van der Waals surface area contributed by atoms with Crippen molar-refractivity contribution in [2.45, 2.75) is 45.4 Å². The number of hydrogen-bond acceptors (Lipinski definition) is 5. The van der Waals surface area contributed by atoms with Crippen molar-refractivity contribution in [1.82, 2.24) is 9.62 Å². The van der Waals surface area contributed by atoms with Crippen molar-refractivity contribution in [3.63, 3.8) is 0 Å². The van der Waals surface area contributed by atoms with Gasteiger partial charge in [-0.25, -0.2) is 12.7 Å². The van der Waals surface area contributed by atoms with Crippen LogP contribution in [0.3, 0.4) is 0 Å². The first-order valence-electron chi connectivity index (χ1n) is 11.8. The zero-order valence-electron chi connectivity index (χ0n) is 20.2. The largest absolute Gasteiger partial charge is 0.490 e. The highest BCUT2D eigenvalue weighted by Gasteiger charge is 2.32. The lowest BCUT2D eigenvalue weighted by atomic mass is 9.96. The maximum atomic E-state index is 12.9. The number of rotatable bonds is 10. The minimum absolute atomic E-state index is 0.0814. The number of ether oxygens (including phenoxy) is 2. The van der Waals surface area contributed by atoms with Crippen LogP contribution in [0.1, 0.15) is 50.8 Å². The van der Waals surface area contributed by atoms with Crippen molar-refractivity contribution < 1.29 is 22.7 Å². The number of carbonyl (C=O) groups excluding carboxylic acids is 1. The molecule has 1 amide bonds. The maximum Gasteiger partial charge on any atom is 0.223 e. The first-order chi connectivity index (χ1) is 16.6. The van der Waals surface area contributed by atoms with Crippen LogP contribution in [0.15, 0.2) is 36.4 Å². The number of hydrogen-bond donors (Lipinski definition) is 1. The van der Waals surface area contributed by atoms with E-state index in [-0.39, 0.29) is 36.7 Å². The standard InChI is InChI=1S/C25H32Cl2N2O5S/c1-4-33-23-9-7-19(14-24(23)34-5-2)17(3)28-25(30)18-10-12-29(13-11-18)35(31,32)16-20-6-8-21(26)15-22(20)27/h6-9,14-15,17-18H,4-5,10-13,16H2,1-3H3,(H,28,30)/t17-/m1/s1. The molecule has 2 aromatic carbocycles. The molecule has 10 heteroatoms. The molecule has 1 aliphatic rings. The molecular weight excluding hydrogens is 511 g/mol. The Hall–Kier alpha value is -2.00. The Morgan fingerprint density at radius 2 is 1.71 bits per heavy atom. The van der Waals surface area contributed by atoms with E-state index in [1.807, 2.05) is 39.0 Å². The lowest BCUT2D eigenvalue weighted by Gasteiger charge is -2.31. The summed E-state index contributed by atoms with van der Waals surface area (Å²) in [6, 6.07) is 10.2. The van der Waals surface area contributed by atoms with Crippen LogP contribution in [0.4, 0.5) is 0 Å². The van der Waals surface area contributed by atoms with Crippen LogP contribution in [0.25, 0.3) is 0 Å². The Balaban J connectivity index is 1.57. The highest BCUT2D eigenvalue weighted by atomic mass is 35.5. The van der Waals surface area contributed by atoms with Crippen molar-refractivity contribution in [2.75, 3.05) is 26.3 Å². The third kappa shape index (κ3) is 7.26. The van der Waals surface area contributed by atoms with E-state index < -0.39 is 10.0 Å². The van der Waals surface area contributed by atoms with Crippen molar-refractivity contribution >= 4 is 39.1 Å². The van der Waals surface area contributed by atoms with Gasteiger partial charge >= 0.3 is 0 Å². The molecule has 0 aromatic heterocycles. The molecule has 2 aromatic rings. The Morgan fingerprint density at radius 1 is 1.06 bits per heavy atom. The number of piperidine rings is 1. The molecule has 0 spiro atoms. The Kier molecular flexibility index (Phi) is 9.69. The van der Waals surface area contributed by atoms with Crippen molar-refractivity contribution in [3.05, 3.63) is 57.6 Å². The Labute approximate surface area is 217 Å². The summed E-state index contributed by atoms with van der Waals surface area (Å²) in [5, 5.41) is 3.84. The first-order valence-corrected chi connectivity index (χ1v) is 14.1. The summed E-state index contributed by atoms with van der Waals surface area (Å²) < 4.78 is 38.5. The third-order valence-electron chi connectivity index (χ3n) is 6.00. The number of amides is 1. The Bertz CT molecular complexity index is 1130. The monoisotopic (exact) mass is 542 g/mol. The molecule has 0 radical (unpaired) electrons. The maximum absolute atomic E-state index is 12.9. The minimum atomic E-state index is -3.56. The summed E-state index contributed by atoms with van der Waals surface area (Å²) in [7, 11) is -3.56. The van der Waals surface area contributed by atoms with E-state index in [0.29, 0.717) is 53.2 Å². The van der Waals surface area contributed by atoms with Gasteiger partial charge in [0.05, 0.1) is 25.0 Å². The molecule has 0 saturated carbocycles. The van der Waals surface area contributed by atoms with Crippen LogP contribution in [0.2, 0.25) is 10.0 Å². The van der Waals surface area contributed by atoms with Gasteiger partial charge in [0.2, 0.25) is 15.9 Å². The normalized spacial score (nSPS) is 16.0. The fraction of sp³-hybridized carbons (Fsp3) is 0.480. The second-order valence-corrected chi connectivity index (χ2v) is 11.3. The van der Waals surface area contributed by atoms with Gasteiger partial charge in [-0.15, -0.1) is 0 Å². The topological polar surface area (TPSA) is 84.9 Å². The molecule has 3 rings (SSSR count). The smallest absolute Gasteiger partial charge is 0.223 e. The number of nitrogens with zero attached hydrogens (tertiary/aromatic N) is 1. The molecule has 7 nitrogen and oxygen atoms in total. The number of halogens is 2. The molecular formula is C25H32Cl2N2O5S. The molecule has 1 N–H and O–H groups in total. The van der Waals surface area contributed by atoms with Gasteiger partial charge in [0.25, 0.3) is 0 Å². The average molecular weight is 544 g/mol. The highest BCUT2D eigenvalue weighted by molar-refractivity contribution is 7.88. The summed E-state index contributed by atoms with van der Waals surface area (Å²) in [6.07, 6.45) is 0.916. The second-order valence-electron chi connectivity index (χ2n) is 8.47. The molecule has 0 unspecified atom stereocenters. The summed E-state index contributed by atoms with van der Waals surface area (Å²) in [4.78, 5) is 12.9. The molecule has 0 bridgehead atoms. The van der Waals surface area contributed by atoms with E-state index in [1.54, 1.807) is 12.1 Å². The number of nitrogens with one attached hydrogen (secondary N) is 1. The molecule has 1 atom stereocenters. The van der Waals surface area contributed by atoms with E-state index in [2.05, 4.69) is 5.32 Å². The van der Waals surface area contributed by atoms with Gasteiger partial charge in [-0.2, -0.15) is 0 Å². The van der Waals surface area contributed by atoms with Crippen LogP contribution < -0.4 is 14.8 Å². The van der Waals surface area contributed by atoms with Crippen LogP contribution in [0.5, 0.6) is 11.5 Å². The van der Waals surface area contributed by atoms with E-state index in [4.69, 9.17) is 32.7 Å². The zero-order chi connectivity index (χ0) is 25.6. The van der Waals surface area contributed by atoms with E-state index in [1.165, 1.54) is 10.4 Å². The quantitative estimate of drug-likeness (QED) is 0.445. The lowest BCUT2D eigenvalue weighted by Crippen LogP contribution is -2.43. The molecule has 1 saturated heterocycles. The molecule has 192 valence electrons. The van der Waals surface area contributed by atoms with Crippen LogP contribution in [0, 0.1) is 5.92 Å². The molecule has 1 fully saturated rings. The minimum Gasteiger partial charge on any atom is -0.490 e. The summed E-state index contributed by atoms with van der Waals surface area (Å²) in [5.74, 6) is 0.785. The van der Waals surface area contributed by atoms with E-state index in [0.717, 1.165) is 5.56 Å². The van der Waals surface area contributed by atoms with Gasteiger partial charge in [-0.05, 0) is 69.0 Å². The van der Waals surface area contributed by atoms with Crippen molar-refractivity contribution in [1.29, 1.82) is 0 Å². The first kappa shape index (κ1) is 27.6. The number of carbonyl (C=O) groups is 1. The number of sulfonamides is 1. The van der Waals surface area contributed by atoms with Gasteiger partial charge in [0, 0.05) is 29.1 Å². The third-order valence-corrected chi connectivity index (χ3v) is 8.41. The Morgan fingerprint density at radius 3 is 2.34 bits per heavy atom. The van der Waals surface area contributed by atoms with Gasteiger partial charge in [-0.1, -0.05) is 35.3 Å². The summed E-state index contributed by atoms with van der Waals surface area (Å²) >= 11 is 12.1. The second kappa shape index (κ2) is 12.3. The zero-order valence-corrected chi connectivity index (χ0v) is 22.5. The van der Waals surface area contributed by atoms with Crippen LogP contribution >= 0.6 is 23.2 Å². The predicted molar refractivity (Wildman–Crippen MR) is 139 cm³/mol.